The highest BCUT2D eigenvalue weighted by Crippen LogP contribution is 2.28. The molecule has 186 valence electrons. The van der Waals surface area contributed by atoms with Crippen LogP contribution in [0.4, 0.5) is 4.39 Å². The molecule has 0 unspecified atom stereocenters. The van der Waals surface area contributed by atoms with Crippen molar-refractivity contribution in [1.82, 2.24) is 10.3 Å². The molecule has 1 aliphatic heterocycles. The molecule has 0 bridgehead atoms. The molecule has 1 aromatic heterocycles. The van der Waals surface area contributed by atoms with Gasteiger partial charge in [-0.05, 0) is 60.5 Å². The van der Waals surface area contributed by atoms with E-state index in [-0.39, 0.29) is 12.4 Å². The number of hydrogen-bond donors (Lipinski definition) is 2. The first-order valence-electron chi connectivity index (χ1n) is 11.7. The van der Waals surface area contributed by atoms with Crippen LogP contribution in [0.5, 0.6) is 0 Å². The molecule has 2 atom stereocenters. The Hall–Kier alpha value is -3.39. The third-order valence-corrected chi connectivity index (χ3v) is 6.20. The molecule has 6 nitrogen and oxygen atoms in total. The highest BCUT2D eigenvalue weighted by Gasteiger charge is 2.26. The van der Waals surface area contributed by atoms with Crippen molar-refractivity contribution in [1.29, 1.82) is 0 Å². The molecule has 2 N–H and O–H groups in total. The molecular formula is C28H27ClFN3O3. The van der Waals surface area contributed by atoms with Crippen molar-refractivity contribution in [3.05, 3.63) is 106 Å². The number of nitrogens with zero attached hydrogens (tertiary/aromatic N) is 2. The second kappa shape index (κ2) is 12.0. The maximum absolute atomic E-state index is 13.5. The van der Waals surface area contributed by atoms with E-state index >= 15 is 0 Å². The van der Waals surface area contributed by atoms with Crippen LogP contribution in [-0.2, 0) is 11.2 Å². The van der Waals surface area contributed by atoms with E-state index in [0.29, 0.717) is 41.4 Å². The fraction of sp³-hybridized carbons (Fsp3) is 0.250. The normalized spacial score (nSPS) is 14.7. The van der Waals surface area contributed by atoms with Crippen LogP contribution in [0.15, 0.2) is 77.9 Å². The number of pyridine rings is 1. The molecule has 2 aromatic carbocycles. The number of hydrogen-bond acceptors (Lipinski definition) is 5. The predicted molar refractivity (Wildman–Crippen MR) is 139 cm³/mol. The molecular weight excluding hydrogens is 481 g/mol. The van der Waals surface area contributed by atoms with Crippen LogP contribution < -0.4 is 5.32 Å². The third kappa shape index (κ3) is 6.23. The standard InChI is InChI=1S/C28H27ClFN3O3/c1-2-36-17-26(34)24(15-21-6-3-4-13-31-21)33-28(35)22-7-5-8-23(29)27(22)25-14-19(16-32-25)18-9-11-20(30)12-10-18/h3-14,24,26,34H,2,15-17H2,1H3,(H,33,35)/t24-,26-/m1/s1. The molecule has 0 saturated heterocycles. The first-order chi connectivity index (χ1) is 17.5. The summed E-state index contributed by atoms with van der Waals surface area (Å²) in [4.78, 5) is 22.4. The van der Waals surface area contributed by atoms with E-state index < -0.39 is 18.1 Å². The zero-order chi connectivity index (χ0) is 25.5. The summed E-state index contributed by atoms with van der Waals surface area (Å²) >= 11 is 6.55. The number of rotatable bonds is 10. The largest absolute Gasteiger partial charge is 0.389 e. The number of nitrogens with one attached hydrogen (secondary N) is 1. The average molecular weight is 508 g/mol. The van der Waals surface area contributed by atoms with Gasteiger partial charge in [0.05, 0.1) is 41.6 Å². The van der Waals surface area contributed by atoms with Gasteiger partial charge in [0, 0.05) is 30.5 Å². The second-order valence-electron chi connectivity index (χ2n) is 8.37. The highest BCUT2D eigenvalue weighted by atomic mass is 35.5. The minimum Gasteiger partial charge on any atom is -0.389 e. The van der Waals surface area contributed by atoms with E-state index in [1.54, 1.807) is 36.5 Å². The van der Waals surface area contributed by atoms with Crippen molar-refractivity contribution in [2.24, 2.45) is 4.99 Å². The number of aliphatic hydroxyl groups excluding tert-OH is 1. The minimum atomic E-state index is -0.938. The summed E-state index contributed by atoms with van der Waals surface area (Å²) in [6.45, 7) is 2.76. The van der Waals surface area contributed by atoms with Gasteiger partial charge >= 0.3 is 0 Å². The molecule has 8 heteroatoms. The SMILES string of the molecule is CCOC[C@@H](O)[C@@H](Cc1ccccn1)NC(=O)c1cccc(Cl)c1C1=NCC(c2ccc(F)cc2)=C1. The van der Waals surface area contributed by atoms with Gasteiger partial charge < -0.3 is 15.2 Å². The van der Waals surface area contributed by atoms with Gasteiger partial charge in [0.15, 0.2) is 0 Å². The summed E-state index contributed by atoms with van der Waals surface area (Å²) in [5.74, 6) is -0.703. The Morgan fingerprint density at radius 1 is 1.17 bits per heavy atom. The van der Waals surface area contributed by atoms with Gasteiger partial charge in [-0.3, -0.25) is 14.8 Å². The van der Waals surface area contributed by atoms with Gasteiger partial charge in [-0.2, -0.15) is 0 Å². The predicted octanol–water partition coefficient (Wildman–Crippen LogP) is 4.50. The molecule has 4 rings (SSSR count). The van der Waals surface area contributed by atoms with Crippen LogP contribution in [0.2, 0.25) is 5.02 Å². The van der Waals surface area contributed by atoms with E-state index in [4.69, 9.17) is 16.3 Å². The third-order valence-electron chi connectivity index (χ3n) is 5.89. The van der Waals surface area contributed by atoms with Crippen LogP contribution in [0, 0.1) is 5.82 Å². The Kier molecular flexibility index (Phi) is 8.59. The summed E-state index contributed by atoms with van der Waals surface area (Å²) in [6, 6.07) is 16.1. The van der Waals surface area contributed by atoms with Crippen LogP contribution >= 0.6 is 11.6 Å². The number of aromatic nitrogens is 1. The number of halogens is 2. The lowest BCUT2D eigenvalue weighted by molar-refractivity contribution is 0.0206. The number of benzene rings is 2. The summed E-state index contributed by atoms with van der Waals surface area (Å²) in [7, 11) is 0. The van der Waals surface area contributed by atoms with Crippen molar-refractivity contribution in [3.63, 3.8) is 0 Å². The number of amides is 1. The first-order valence-corrected chi connectivity index (χ1v) is 12.1. The molecule has 0 fully saturated rings. The zero-order valence-corrected chi connectivity index (χ0v) is 20.6. The summed E-state index contributed by atoms with van der Waals surface area (Å²) in [6.07, 6.45) is 2.92. The van der Waals surface area contributed by atoms with E-state index in [0.717, 1.165) is 16.8 Å². The fourth-order valence-electron chi connectivity index (χ4n) is 4.02. The number of ether oxygens (including phenoxy) is 1. The van der Waals surface area contributed by atoms with Gasteiger partial charge in [0.2, 0.25) is 0 Å². The van der Waals surface area contributed by atoms with Crippen LogP contribution in [0.25, 0.3) is 5.57 Å². The van der Waals surface area contributed by atoms with Crippen LogP contribution in [-0.4, -0.2) is 53.6 Å². The summed E-state index contributed by atoms with van der Waals surface area (Å²) < 4.78 is 18.7. The van der Waals surface area contributed by atoms with E-state index in [9.17, 15) is 14.3 Å². The maximum Gasteiger partial charge on any atom is 0.252 e. The molecule has 2 heterocycles. The Morgan fingerprint density at radius 3 is 2.69 bits per heavy atom. The number of aliphatic imine (C=N–C) groups is 1. The number of allylic oxidation sites excluding steroid dienone is 1. The summed E-state index contributed by atoms with van der Waals surface area (Å²) in [5.41, 5.74) is 3.90. The monoisotopic (exact) mass is 507 g/mol. The Balaban J connectivity index is 1.60. The number of carbonyl (C=O) groups is 1. The van der Waals surface area contributed by atoms with Crippen molar-refractivity contribution in [2.75, 3.05) is 19.8 Å². The molecule has 1 aliphatic rings. The lowest BCUT2D eigenvalue weighted by Crippen LogP contribution is -2.47. The van der Waals surface area contributed by atoms with Crippen molar-refractivity contribution in [2.45, 2.75) is 25.5 Å². The van der Waals surface area contributed by atoms with E-state index in [2.05, 4.69) is 15.3 Å². The van der Waals surface area contributed by atoms with Gasteiger partial charge in [0.25, 0.3) is 5.91 Å². The lowest BCUT2D eigenvalue weighted by atomic mass is 9.98. The first kappa shape index (κ1) is 25.7. The number of aliphatic hydroxyl groups is 1. The molecule has 0 saturated carbocycles. The van der Waals surface area contributed by atoms with Gasteiger partial charge in [0.1, 0.15) is 5.82 Å². The number of carbonyl (C=O) groups excluding carboxylic acids is 1. The van der Waals surface area contributed by atoms with Crippen LogP contribution in [0.1, 0.15) is 34.1 Å². The summed E-state index contributed by atoms with van der Waals surface area (Å²) in [5, 5.41) is 14.1. The zero-order valence-electron chi connectivity index (χ0n) is 19.8. The van der Waals surface area contributed by atoms with Crippen molar-refractivity contribution < 1.29 is 19.0 Å². The van der Waals surface area contributed by atoms with Crippen LogP contribution in [0.3, 0.4) is 0 Å². The van der Waals surface area contributed by atoms with Gasteiger partial charge in [-0.25, -0.2) is 4.39 Å². The van der Waals surface area contributed by atoms with Gasteiger partial charge in [-0.1, -0.05) is 35.9 Å². The topological polar surface area (TPSA) is 83.8 Å². The average Bonchev–Trinajstić information content (AvgIpc) is 3.37. The Labute approximate surface area is 214 Å². The molecule has 0 aliphatic carbocycles. The van der Waals surface area contributed by atoms with E-state index in [1.165, 1.54) is 12.1 Å². The van der Waals surface area contributed by atoms with Crippen molar-refractivity contribution >= 4 is 28.8 Å². The Bertz CT molecular complexity index is 1260. The molecule has 36 heavy (non-hydrogen) atoms. The smallest absolute Gasteiger partial charge is 0.252 e. The lowest BCUT2D eigenvalue weighted by Gasteiger charge is -2.24. The van der Waals surface area contributed by atoms with E-state index in [1.807, 2.05) is 31.2 Å². The van der Waals surface area contributed by atoms with Crippen molar-refractivity contribution in [3.8, 4) is 0 Å². The molecule has 0 radical (unpaired) electrons. The minimum absolute atomic E-state index is 0.0765. The molecule has 3 aromatic rings. The highest BCUT2D eigenvalue weighted by molar-refractivity contribution is 6.37. The quantitative estimate of drug-likeness (QED) is 0.423. The molecule has 0 spiro atoms. The second-order valence-corrected chi connectivity index (χ2v) is 8.78. The fourth-order valence-corrected chi connectivity index (χ4v) is 4.29. The Morgan fingerprint density at radius 2 is 1.97 bits per heavy atom. The maximum atomic E-state index is 13.5. The van der Waals surface area contributed by atoms with Gasteiger partial charge in [-0.15, -0.1) is 0 Å². The molecule has 1 amide bonds.